The van der Waals surface area contributed by atoms with Crippen molar-refractivity contribution < 1.29 is 22.7 Å². The maximum absolute atomic E-state index is 12.0. The first-order valence-corrected chi connectivity index (χ1v) is 9.27. The SMILES string of the molecule is Cc1ccc(S(=O)(=O)NCC(=O)OCC(=O)NC(C)C2CC2)cc1. The molecule has 0 radical (unpaired) electrons. The molecule has 1 aliphatic carbocycles. The van der Waals surface area contributed by atoms with Crippen molar-refractivity contribution in [1.82, 2.24) is 10.0 Å². The van der Waals surface area contributed by atoms with Crippen molar-refractivity contribution in [3.63, 3.8) is 0 Å². The van der Waals surface area contributed by atoms with Crippen molar-refractivity contribution in [2.24, 2.45) is 5.92 Å². The van der Waals surface area contributed by atoms with E-state index in [-0.39, 0.29) is 16.8 Å². The van der Waals surface area contributed by atoms with Crippen LogP contribution in [0.1, 0.15) is 25.3 Å². The van der Waals surface area contributed by atoms with Crippen molar-refractivity contribution in [3.8, 4) is 0 Å². The van der Waals surface area contributed by atoms with E-state index in [0.29, 0.717) is 5.92 Å². The van der Waals surface area contributed by atoms with E-state index in [0.717, 1.165) is 18.4 Å². The van der Waals surface area contributed by atoms with E-state index < -0.39 is 29.1 Å². The second kappa shape index (κ2) is 7.76. The van der Waals surface area contributed by atoms with Crippen molar-refractivity contribution in [2.45, 2.75) is 37.6 Å². The Balaban J connectivity index is 1.73. The van der Waals surface area contributed by atoms with Crippen LogP contribution in [0.15, 0.2) is 29.2 Å². The standard InChI is InChI=1S/C16H22N2O5S/c1-11-3-7-14(8-4-11)24(21,22)17-9-16(20)23-10-15(19)18-12(2)13-5-6-13/h3-4,7-8,12-13,17H,5-6,9-10H2,1-2H3,(H,18,19). The first kappa shape index (κ1) is 18.4. The molecule has 1 unspecified atom stereocenters. The molecule has 0 aliphatic heterocycles. The van der Waals surface area contributed by atoms with Crippen LogP contribution < -0.4 is 10.0 Å². The lowest BCUT2D eigenvalue weighted by atomic mass is 10.2. The maximum Gasteiger partial charge on any atom is 0.321 e. The van der Waals surface area contributed by atoms with Gasteiger partial charge in [-0.25, -0.2) is 8.42 Å². The van der Waals surface area contributed by atoms with Crippen LogP contribution >= 0.6 is 0 Å². The molecule has 2 N–H and O–H groups in total. The van der Waals surface area contributed by atoms with Gasteiger partial charge in [0.2, 0.25) is 10.0 Å². The quantitative estimate of drug-likeness (QED) is 0.670. The topological polar surface area (TPSA) is 102 Å². The predicted molar refractivity (Wildman–Crippen MR) is 87.7 cm³/mol. The minimum atomic E-state index is -3.78. The molecule has 1 aromatic rings. The number of amides is 1. The molecular weight excluding hydrogens is 332 g/mol. The highest BCUT2D eigenvalue weighted by Gasteiger charge is 2.29. The Morgan fingerprint density at radius 3 is 2.46 bits per heavy atom. The maximum atomic E-state index is 12.0. The van der Waals surface area contributed by atoms with Gasteiger partial charge in [0, 0.05) is 6.04 Å². The van der Waals surface area contributed by atoms with Crippen LogP contribution in [0, 0.1) is 12.8 Å². The van der Waals surface area contributed by atoms with Gasteiger partial charge in [-0.1, -0.05) is 17.7 Å². The molecule has 1 atom stereocenters. The van der Waals surface area contributed by atoms with Gasteiger partial charge in [-0.3, -0.25) is 9.59 Å². The number of hydrogen-bond donors (Lipinski definition) is 2. The molecule has 1 amide bonds. The van der Waals surface area contributed by atoms with Crippen LogP contribution in [-0.2, 0) is 24.3 Å². The number of esters is 1. The summed E-state index contributed by atoms with van der Waals surface area (Å²) in [5.74, 6) is -0.685. The van der Waals surface area contributed by atoms with Crippen molar-refractivity contribution >= 4 is 21.9 Å². The molecule has 2 rings (SSSR count). The number of nitrogens with one attached hydrogen (secondary N) is 2. The smallest absolute Gasteiger partial charge is 0.321 e. The third kappa shape index (κ3) is 5.61. The molecule has 132 valence electrons. The molecule has 7 nitrogen and oxygen atoms in total. The van der Waals surface area contributed by atoms with E-state index in [1.165, 1.54) is 12.1 Å². The Kier molecular flexibility index (Phi) is 5.95. The van der Waals surface area contributed by atoms with Gasteiger partial charge >= 0.3 is 5.97 Å². The third-order valence-corrected chi connectivity index (χ3v) is 5.24. The summed E-state index contributed by atoms with van der Waals surface area (Å²) < 4.78 is 31.0. The minimum Gasteiger partial charge on any atom is -0.455 e. The molecular formula is C16H22N2O5S. The summed E-state index contributed by atoms with van der Waals surface area (Å²) in [4.78, 5) is 23.3. The van der Waals surface area contributed by atoms with Crippen molar-refractivity contribution in [1.29, 1.82) is 0 Å². The molecule has 0 bridgehead atoms. The van der Waals surface area contributed by atoms with Gasteiger partial charge in [0.05, 0.1) is 4.90 Å². The second-order valence-corrected chi connectivity index (χ2v) is 7.76. The predicted octanol–water partition coefficient (Wildman–Crippen LogP) is 0.731. The molecule has 0 heterocycles. The normalized spacial score (nSPS) is 15.6. The summed E-state index contributed by atoms with van der Waals surface area (Å²) in [6, 6.07) is 6.30. The van der Waals surface area contributed by atoms with Gasteiger partial charge < -0.3 is 10.1 Å². The van der Waals surface area contributed by atoms with E-state index >= 15 is 0 Å². The van der Waals surface area contributed by atoms with E-state index in [4.69, 9.17) is 4.74 Å². The Labute approximate surface area is 141 Å². The first-order valence-electron chi connectivity index (χ1n) is 7.79. The lowest BCUT2D eigenvalue weighted by molar-refractivity contribution is -0.147. The van der Waals surface area contributed by atoms with E-state index in [1.807, 2.05) is 13.8 Å². The zero-order valence-corrected chi connectivity index (χ0v) is 14.6. The highest BCUT2D eigenvalue weighted by Crippen LogP contribution is 2.32. The summed E-state index contributed by atoms with van der Waals surface area (Å²) in [6.07, 6.45) is 2.20. The summed E-state index contributed by atoms with van der Waals surface area (Å²) in [5.41, 5.74) is 0.930. The monoisotopic (exact) mass is 354 g/mol. The number of carbonyl (C=O) groups excluding carboxylic acids is 2. The van der Waals surface area contributed by atoms with E-state index in [1.54, 1.807) is 12.1 Å². The highest BCUT2D eigenvalue weighted by atomic mass is 32.2. The summed E-state index contributed by atoms with van der Waals surface area (Å²) >= 11 is 0. The van der Waals surface area contributed by atoms with Crippen LogP contribution in [0.2, 0.25) is 0 Å². The summed E-state index contributed by atoms with van der Waals surface area (Å²) in [7, 11) is -3.78. The van der Waals surface area contributed by atoms with Crippen molar-refractivity contribution in [2.75, 3.05) is 13.2 Å². The first-order chi connectivity index (χ1) is 11.3. The number of aryl methyl sites for hydroxylation is 1. The number of hydrogen-bond acceptors (Lipinski definition) is 5. The molecule has 1 aliphatic rings. The Bertz CT molecular complexity index is 696. The second-order valence-electron chi connectivity index (χ2n) is 5.99. The third-order valence-electron chi connectivity index (χ3n) is 3.82. The Morgan fingerprint density at radius 1 is 1.25 bits per heavy atom. The van der Waals surface area contributed by atoms with Gasteiger partial charge in [0.25, 0.3) is 5.91 Å². The Morgan fingerprint density at radius 2 is 1.88 bits per heavy atom. The summed E-state index contributed by atoms with van der Waals surface area (Å²) in [6.45, 7) is 2.81. The molecule has 1 saturated carbocycles. The highest BCUT2D eigenvalue weighted by molar-refractivity contribution is 7.89. The van der Waals surface area contributed by atoms with Gasteiger partial charge in [0.1, 0.15) is 6.54 Å². The van der Waals surface area contributed by atoms with Gasteiger partial charge in [-0.15, -0.1) is 0 Å². The van der Waals surface area contributed by atoms with E-state index in [9.17, 15) is 18.0 Å². The van der Waals surface area contributed by atoms with Crippen LogP contribution in [0.4, 0.5) is 0 Å². The average Bonchev–Trinajstić information content (AvgIpc) is 3.36. The minimum absolute atomic E-state index is 0.0660. The zero-order valence-electron chi connectivity index (χ0n) is 13.7. The van der Waals surface area contributed by atoms with Crippen molar-refractivity contribution in [3.05, 3.63) is 29.8 Å². The Hall–Kier alpha value is -1.93. The molecule has 24 heavy (non-hydrogen) atoms. The number of rotatable bonds is 8. The lowest BCUT2D eigenvalue weighted by Crippen LogP contribution is -2.38. The average molecular weight is 354 g/mol. The van der Waals surface area contributed by atoms with E-state index in [2.05, 4.69) is 10.0 Å². The largest absolute Gasteiger partial charge is 0.455 e. The lowest BCUT2D eigenvalue weighted by Gasteiger charge is -2.13. The fourth-order valence-corrected chi connectivity index (χ4v) is 3.13. The van der Waals surface area contributed by atoms with Gasteiger partial charge in [0.15, 0.2) is 6.61 Å². The number of sulfonamides is 1. The molecule has 0 spiro atoms. The molecule has 8 heteroatoms. The molecule has 0 saturated heterocycles. The van der Waals surface area contributed by atoms with Crippen LogP contribution in [0.5, 0.6) is 0 Å². The number of benzene rings is 1. The molecule has 0 aromatic heterocycles. The fraction of sp³-hybridized carbons (Fsp3) is 0.500. The molecule has 1 aromatic carbocycles. The fourth-order valence-electron chi connectivity index (χ4n) is 2.16. The molecule has 1 fully saturated rings. The van der Waals surface area contributed by atoms with Gasteiger partial charge in [-0.05, 0) is 44.7 Å². The van der Waals surface area contributed by atoms with Gasteiger partial charge in [-0.2, -0.15) is 4.72 Å². The number of carbonyl (C=O) groups is 2. The van der Waals surface area contributed by atoms with Crippen LogP contribution in [0.3, 0.4) is 0 Å². The van der Waals surface area contributed by atoms with Crippen LogP contribution in [0.25, 0.3) is 0 Å². The summed E-state index contributed by atoms with van der Waals surface area (Å²) in [5, 5.41) is 2.75. The zero-order chi connectivity index (χ0) is 17.7. The number of ether oxygens (including phenoxy) is 1. The van der Waals surface area contributed by atoms with Crippen LogP contribution in [-0.4, -0.2) is 39.5 Å².